The van der Waals surface area contributed by atoms with Gasteiger partial charge in [-0.25, -0.2) is 4.79 Å². The van der Waals surface area contributed by atoms with Crippen molar-refractivity contribution in [2.24, 2.45) is 5.92 Å². The van der Waals surface area contributed by atoms with Crippen molar-refractivity contribution in [3.8, 4) is 33.8 Å². The van der Waals surface area contributed by atoms with Gasteiger partial charge in [-0.2, -0.15) is 0 Å². The third-order valence-electron chi connectivity index (χ3n) is 9.92. The smallest absolute Gasteiger partial charge is 0.338 e. The number of carbonyl (C=O) groups excluding carboxylic acids is 1. The molecule has 0 fully saturated rings. The molecule has 0 aliphatic carbocycles. The molecule has 0 aromatic heterocycles. The van der Waals surface area contributed by atoms with Gasteiger partial charge in [0, 0.05) is 5.92 Å². The summed E-state index contributed by atoms with van der Waals surface area (Å²) in [5, 5.41) is 28.7. The molecule has 8 heteroatoms. The van der Waals surface area contributed by atoms with Gasteiger partial charge in [0.05, 0.1) is 18.8 Å². The summed E-state index contributed by atoms with van der Waals surface area (Å²) in [6.07, 6.45) is 13.1. The molecule has 0 saturated heterocycles. The Morgan fingerprint density at radius 2 is 1.32 bits per heavy atom. The molecule has 0 saturated carbocycles. The van der Waals surface area contributed by atoms with E-state index in [4.69, 9.17) is 18.9 Å². The molecule has 2 atom stereocenters. The van der Waals surface area contributed by atoms with Crippen LogP contribution >= 0.6 is 0 Å². The van der Waals surface area contributed by atoms with Gasteiger partial charge < -0.3 is 34.3 Å². The first kappa shape index (κ1) is 43.7. The maximum Gasteiger partial charge on any atom is 0.338 e. The third-order valence-corrected chi connectivity index (χ3v) is 9.92. The van der Waals surface area contributed by atoms with Gasteiger partial charge in [0.25, 0.3) is 0 Å². The monoisotopic (exact) mass is 732 g/mol. The number of rotatable bonds is 26. The van der Waals surface area contributed by atoms with Crippen LogP contribution in [0.15, 0.2) is 60.7 Å². The fourth-order valence-electron chi connectivity index (χ4n) is 6.47. The first-order valence-electron chi connectivity index (χ1n) is 19.7. The maximum absolute atomic E-state index is 12.0. The summed E-state index contributed by atoms with van der Waals surface area (Å²) in [6.45, 7) is 13.0. The van der Waals surface area contributed by atoms with E-state index >= 15 is 0 Å². The summed E-state index contributed by atoms with van der Waals surface area (Å²) >= 11 is 0. The lowest BCUT2D eigenvalue weighted by Gasteiger charge is -2.21. The van der Waals surface area contributed by atoms with Crippen molar-refractivity contribution < 1.29 is 39.1 Å². The Bertz CT molecular complexity index is 1560. The van der Waals surface area contributed by atoms with E-state index < -0.39 is 24.8 Å². The Balaban J connectivity index is 1.91. The molecular formula is C45H64O8. The van der Waals surface area contributed by atoms with Crippen LogP contribution in [0.4, 0.5) is 0 Å². The lowest BCUT2D eigenvalue weighted by molar-refractivity contribution is -0.172. The molecule has 0 aliphatic heterocycles. The summed E-state index contributed by atoms with van der Waals surface area (Å²) in [5.74, 6) is 0.368. The molecule has 0 heterocycles. The number of hydrogen-bond donors (Lipinski definition) is 3. The van der Waals surface area contributed by atoms with Crippen LogP contribution < -0.4 is 9.47 Å². The van der Waals surface area contributed by atoms with Crippen LogP contribution in [0, 0.1) is 12.8 Å². The summed E-state index contributed by atoms with van der Waals surface area (Å²) in [6, 6.07) is 17.0. The number of esters is 1. The minimum Gasteiger partial charge on any atom is -0.467 e. The number of aliphatic hydroxyl groups excluding tert-OH is 3. The average Bonchev–Trinajstić information content (AvgIpc) is 3.17. The number of aryl methyl sites for hydroxylation is 2. The highest BCUT2D eigenvalue weighted by Crippen LogP contribution is 2.37. The molecule has 3 aromatic rings. The van der Waals surface area contributed by atoms with E-state index in [9.17, 15) is 20.1 Å². The first-order chi connectivity index (χ1) is 25.7. The predicted molar refractivity (Wildman–Crippen MR) is 213 cm³/mol. The average molecular weight is 733 g/mol. The maximum atomic E-state index is 12.0. The number of carbonyl (C=O) groups is 1. The minimum atomic E-state index is -1.10. The molecule has 8 nitrogen and oxygen atoms in total. The zero-order valence-corrected chi connectivity index (χ0v) is 32.9. The van der Waals surface area contributed by atoms with E-state index in [0.29, 0.717) is 5.75 Å². The van der Waals surface area contributed by atoms with E-state index in [1.165, 1.54) is 55.2 Å². The molecular weight excluding hydrogens is 668 g/mol. The van der Waals surface area contributed by atoms with Gasteiger partial charge in [-0.1, -0.05) is 116 Å². The molecule has 0 amide bonds. The molecule has 3 N–H and O–H groups in total. The van der Waals surface area contributed by atoms with E-state index in [1.54, 1.807) is 6.92 Å². The van der Waals surface area contributed by atoms with Crippen LogP contribution in [0.2, 0.25) is 0 Å². The largest absolute Gasteiger partial charge is 0.467 e. The Kier molecular flexibility index (Phi) is 19.7. The third kappa shape index (κ3) is 13.6. The van der Waals surface area contributed by atoms with E-state index in [2.05, 4.69) is 70.7 Å². The Morgan fingerprint density at radius 3 is 1.98 bits per heavy atom. The predicted octanol–water partition coefficient (Wildman–Crippen LogP) is 9.64. The van der Waals surface area contributed by atoms with Gasteiger partial charge >= 0.3 is 5.97 Å². The van der Waals surface area contributed by atoms with Crippen molar-refractivity contribution >= 4 is 5.97 Å². The molecule has 0 bridgehead atoms. The van der Waals surface area contributed by atoms with Gasteiger partial charge in [0.1, 0.15) is 11.5 Å². The molecule has 3 aromatic carbocycles. The zero-order valence-electron chi connectivity index (χ0n) is 32.9. The molecule has 0 spiro atoms. The van der Waals surface area contributed by atoms with Crippen molar-refractivity contribution in [3.05, 3.63) is 82.9 Å². The highest BCUT2D eigenvalue weighted by molar-refractivity contribution is 5.87. The number of hydrogen-bond acceptors (Lipinski definition) is 8. The molecule has 292 valence electrons. The molecule has 2 unspecified atom stereocenters. The summed E-state index contributed by atoms with van der Waals surface area (Å²) in [7, 11) is 0. The molecule has 3 rings (SSSR count). The van der Waals surface area contributed by atoms with E-state index in [-0.39, 0.29) is 25.8 Å². The highest BCUT2D eigenvalue weighted by atomic mass is 16.7. The second kappa shape index (κ2) is 23.9. The molecule has 0 radical (unpaired) electrons. The Morgan fingerprint density at radius 1 is 0.736 bits per heavy atom. The minimum absolute atomic E-state index is 0.0101. The van der Waals surface area contributed by atoms with E-state index in [1.807, 2.05) is 12.1 Å². The molecule has 0 aliphatic rings. The fraction of sp³-hybridized carbons (Fsp3) is 0.533. The van der Waals surface area contributed by atoms with Crippen molar-refractivity contribution in [1.29, 1.82) is 0 Å². The van der Waals surface area contributed by atoms with Gasteiger partial charge in [-0.05, 0) is 102 Å². The number of benzene rings is 3. The summed E-state index contributed by atoms with van der Waals surface area (Å²) in [5.41, 5.74) is 9.21. The van der Waals surface area contributed by atoms with Gasteiger partial charge in [-0.3, -0.25) is 0 Å². The van der Waals surface area contributed by atoms with Crippen LogP contribution in [0.1, 0.15) is 114 Å². The van der Waals surface area contributed by atoms with Crippen molar-refractivity contribution in [1.82, 2.24) is 0 Å². The van der Waals surface area contributed by atoms with Crippen molar-refractivity contribution in [3.63, 3.8) is 0 Å². The normalized spacial score (nSPS) is 12.4. The second-order valence-corrected chi connectivity index (χ2v) is 14.0. The first-order valence-corrected chi connectivity index (χ1v) is 19.7. The standard InChI is InChI=1S/C45H64O8/c1-7-10-12-14-16-18-38-27-37(21-24-42(38)50-30-52-44(48)32(4)28-46)41-22-20-36(26-35(41)9-3)39-23-25-43(51-31-53-45(49)33(5)29-47)40(34(39)6)19-17-15-13-11-8-2/h20-27,33,45-47,49H,4,7-19,28-31H2,1-3,5-6H3. The molecule has 53 heavy (non-hydrogen) atoms. The lowest BCUT2D eigenvalue weighted by atomic mass is 9.89. The lowest BCUT2D eigenvalue weighted by Crippen LogP contribution is -2.26. The topological polar surface area (TPSA) is 115 Å². The SMILES string of the molecule is C=C(CO)C(=O)OCOc1ccc(-c2ccc(-c3ccc(OCOC(O)C(C)CO)c(CCCCCCC)c3C)cc2CC)cc1CCCCCCC. The summed E-state index contributed by atoms with van der Waals surface area (Å²) in [4.78, 5) is 12.0. The van der Waals surface area contributed by atoms with Crippen LogP contribution in [-0.4, -0.2) is 54.4 Å². The highest BCUT2D eigenvalue weighted by Gasteiger charge is 2.18. The van der Waals surface area contributed by atoms with Gasteiger partial charge in [0.15, 0.2) is 13.1 Å². The number of unbranched alkanes of at least 4 members (excludes halogenated alkanes) is 8. The quantitative estimate of drug-likeness (QED) is 0.0324. The van der Waals surface area contributed by atoms with Crippen LogP contribution in [-0.2, 0) is 33.5 Å². The van der Waals surface area contributed by atoms with Crippen LogP contribution in [0.25, 0.3) is 22.3 Å². The van der Waals surface area contributed by atoms with Crippen molar-refractivity contribution in [2.75, 3.05) is 26.8 Å². The second-order valence-electron chi connectivity index (χ2n) is 14.0. The Hall–Kier alpha value is -3.69. The van der Waals surface area contributed by atoms with Gasteiger partial charge in [0.2, 0.25) is 6.79 Å². The number of aliphatic hydroxyl groups is 3. The van der Waals surface area contributed by atoms with Crippen LogP contribution in [0.3, 0.4) is 0 Å². The van der Waals surface area contributed by atoms with Gasteiger partial charge in [-0.15, -0.1) is 0 Å². The number of ether oxygens (including phenoxy) is 4. The summed E-state index contributed by atoms with van der Waals surface area (Å²) < 4.78 is 22.7. The Labute approximate surface area is 318 Å². The van der Waals surface area contributed by atoms with Crippen molar-refractivity contribution in [2.45, 2.75) is 124 Å². The fourth-order valence-corrected chi connectivity index (χ4v) is 6.47. The zero-order chi connectivity index (χ0) is 38.6. The van der Waals surface area contributed by atoms with Crippen LogP contribution in [0.5, 0.6) is 11.5 Å². The van der Waals surface area contributed by atoms with E-state index in [0.717, 1.165) is 78.5 Å².